The highest BCUT2D eigenvalue weighted by Gasteiger charge is 2.20. The normalized spacial score (nSPS) is 10.8. The van der Waals surface area contributed by atoms with Crippen molar-refractivity contribution < 1.29 is 0 Å². The molecule has 0 nitrogen and oxygen atoms in total. The molecule has 0 aliphatic carbocycles. The van der Waals surface area contributed by atoms with Gasteiger partial charge in [-0.15, -0.1) is 5.54 Å². The van der Waals surface area contributed by atoms with Crippen molar-refractivity contribution in [2.75, 3.05) is 0 Å². The van der Waals surface area contributed by atoms with Crippen LogP contribution in [0.5, 0.6) is 0 Å². The number of hydrogen-bond donors (Lipinski definition) is 0. The summed E-state index contributed by atoms with van der Waals surface area (Å²) in [4.78, 5) is 0. The van der Waals surface area contributed by atoms with Crippen molar-refractivity contribution in [2.24, 2.45) is 0 Å². The van der Waals surface area contributed by atoms with Crippen molar-refractivity contribution in [1.29, 1.82) is 0 Å². The van der Waals surface area contributed by atoms with Gasteiger partial charge in [-0.1, -0.05) is 67.0 Å². The van der Waals surface area contributed by atoms with E-state index in [1.54, 1.807) is 0 Å². The van der Waals surface area contributed by atoms with E-state index in [0.29, 0.717) is 0 Å². The topological polar surface area (TPSA) is 0 Å². The SMILES string of the molecule is Cc1cc(C)c(C#C[Si](C)(C)c2ccccc2)c(C)c1. The van der Waals surface area contributed by atoms with Gasteiger partial charge in [0.05, 0.1) is 0 Å². The lowest BCUT2D eigenvalue weighted by molar-refractivity contribution is 1.30. The van der Waals surface area contributed by atoms with E-state index in [1.807, 2.05) is 0 Å². The molecule has 0 saturated heterocycles. The van der Waals surface area contributed by atoms with Crippen LogP contribution in [0.25, 0.3) is 0 Å². The number of aryl methyl sites for hydroxylation is 3. The van der Waals surface area contributed by atoms with Crippen LogP contribution in [-0.2, 0) is 0 Å². The Labute approximate surface area is 123 Å². The zero-order valence-electron chi connectivity index (χ0n) is 13.0. The second-order valence-corrected chi connectivity index (χ2v) is 10.1. The molecule has 0 spiro atoms. The highest BCUT2D eigenvalue weighted by atomic mass is 28.3. The smallest absolute Gasteiger partial charge is 0.121 e. The summed E-state index contributed by atoms with van der Waals surface area (Å²) in [6.07, 6.45) is 0. The van der Waals surface area contributed by atoms with Gasteiger partial charge in [0.2, 0.25) is 0 Å². The van der Waals surface area contributed by atoms with Gasteiger partial charge in [0, 0.05) is 5.56 Å². The minimum Gasteiger partial charge on any atom is -0.121 e. The van der Waals surface area contributed by atoms with Gasteiger partial charge in [0.25, 0.3) is 0 Å². The molecule has 1 heteroatoms. The molecule has 0 unspecified atom stereocenters. The third kappa shape index (κ3) is 3.21. The molecule has 2 rings (SSSR count). The average molecular weight is 278 g/mol. The summed E-state index contributed by atoms with van der Waals surface area (Å²) in [7, 11) is -1.68. The summed E-state index contributed by atoms with van der Waals surface area (Å²) in [5.74, 6) is 3.46. The van der Waals surface area contributed by atoms with Crippen LogP contribution < -0.4 is 5.19 Å². The highest BCUT2D eigenvalue weighted by molar-refractivity contribution is 6.96. The van der Waals surface area contributed by atoms with E-state index in [9.17, 15) is 0 Å². The van der Waals surface area contributed by atoms with E-state index in [1.165, 1.54) is 27.4 Å². The molecule has 0 atom stereocenters. The monoisotopic (exact) mass is 278 g/mol. The molecule has 0 fully saturated rings. The number of rotatable bonds is 1. The Hall–Kier alpha value is -1.78. The first-order chi connectivity index (χ1) is 9.40. The van der Waals surface area contributed by atoms with Gasteiger partial charge in [0.15, 0.2) is 8.07 Å². The van der Waals surface area contributed by atoms with Crippen molar-refractivity contribution in [2.45, 2.75) is 33.9 Å². The van der Waals surface area contributed by atoms with E-state index >= 15 is 0 Å². The molecule has 2 aromatic carbocycles. The Morgan fingerprint density at radius 1 is 0.850 bits per heavy atom. The van der Waals surface area contributed by atoms with Gasteiger partial charge in [-0.05, 0) is 37.1 Å². The first-order valence-electron chi connectivity index (χ1n) is 7.07. The molecule has 0 bridgehead atoms. The lowest BCUT2D eigenvalue weighted by Gasteiger charge is -2.15. The van der Waals surface area contributed by atoms with Crippen molar-refractivity contribution in [3.8, 4) is 11.5 Å². The first kappa shape index (κ1) is 14.6. The Balaban J connectivity index is 2.41. The molecular formula is C19H22Si. The van der Waals surface area contributed by atoms with Crippen molar-refractivity contribution in [3.63, 3.8) is 0 Å². The summed E-state index contributed by atoms with van der Waals surface area (Å²) in [5, 5.41) is 1.40. The first-order valence-corrected chi connectivity index (χ1v) is 10.1. The molecule has 0 saturated carbocycles. The quantitative estimate of drug-likeness (QED) is 0.544. The van der Waals surface area contributed by atoms with Crippen LogP contribution in [-0.4, -0.2) is 8.07 Å². The third-order valence-corrected chi connectivity index (χ3v) is 6.20. The molecular weight excluding hydrogens is 256 g/mol. The minimum atomic E-state index is -1.68. The van der Waals surface area contributed by atoms with Gasteiger partial charge >= 0.3 is 0 Å². The second kappa shape index (κ2) is 5.69. The zero-order valence-corrected chi connectivity index (χ0v) is 14.0. The predicted octanol–water partition coefficient (Wildman–Crippen LogP) is 4.12. The Morgan fingerprint density at radius 2 is 1.40 bits per heavy atom. The molecule has 0 heterocycles. The molecule has 2 aromatic rings. The zero-order chi connectivity index (χ0) is 14.8. The fourth-order valence-corrected chi connectivity index (χ4v) is 4.13. The van der Waals surface area contributed by atoms with Crippen LogP contribution in [0, 0.1) is 32.2 Å². The predicted molar refractivity (Wildman–Crippen MR) is 91.1 cm³/mol. The van der Waals surface area contributed by atoms with Gasteiger partial charge in [-0.2, -0.15) is 0 Å². The molecule has 20 heavy (non-hydrogen) atoms. The molecule has 0 radical (unpaired) electrons. The highest BCUT2D eigenvalue weighted by Crippen LogP contribution is 2.15. The van der Waals surface area contributed by atoms with E-state index in [0.717, 1.165) is 0 Å². The standard InChI is InChI=1S/C19H22Si/c1-15-13-16(2)19(17(3)14-15)11-12-20(4,5)18-9-7-6-8-10-18/h6-10,13-14H,1-5H3. The molecule has 0 N–H and O–H groups in total. The minimum absolute atomic E-state index is 1.20. The molecule has 0 aliphatic rings. The van der Waals surface area contributed by atoms with Gasteiger partial charge in [0.1, 0.15) is 0 Å². The van der Waals surface area contributed by atoms with Gasteiger partial charge in [-0.3, -0.25) is 0 Å². The fraction of sp³-hybridized carbons (Fsp3) is 0.263. The van der Waals surface area contributed by atoms with Crippen molar-refractivity contribution >= 4 is 13.3 Å². The number of benzene rings is 2. The van der Waals surface area contributed by atoms with E-state index in [-0.39, 0.29) is 0 Å². The summed E-state index contributed by atoms with van der Waals surface area (Å²) in [6, 6.07) is 15.1. The summed E-state index contributed by atoms with van der Waals surface area (Å²) in [5.41, 5.74) is 8.66. The van der Waals surface area contributed by atoms with E-state index in [2.05, 4.69) is 87.8 Å². The summed E-state index contributed by atoms with van der Waals surface area (Å²) >= 11 is 0. The Kier molecular flexibility index (Phi) is 4.16. The maximum atomic E-state index is 3.58. The maximum Gasteiger partial charge on any atom is 0.163 e. The van der Waals surface area contributed by atoms with Gasteiger partial charge in [-0.25, -0.2) is 0 Å². The number of hydrogen-bond acceptors (Lipinski definition) is 0. The van der Waals surface area contributed by atoms with Crippen molar-refractivity contribution in [1.82, 2.24) is 0 Å². The fourth-order valence-electron chi connectivity index (χ4n) is 2.52. The Morgan fingerprint density at radius 3 is 1.95 bits per heavy atom. The lowest BCUT2D eigenvalue weighted by atomic mass is 10.0. The van der Waals surface area contributed by atoms with E-state index in [4.69, 9.17) is 0 Å². The van der Waals surface area contributed by atoms with Crippen LogP contribution in [0.15, 0.2) is 42.5 Å². The molecule has 0 aliphatic heterocycles. The second-order valence-electron chi connectivity index (χ2n) is 6.01. The van der Waals surface area contributed by atoms with Crippen LogP contribution in [0.4, 0.5) is 0 Å². The average Bonchev–Trinajstić information content (AvgIpc) is 2.38. The Bertz CT molecular complexity index is 647. The van der Waals surface area contributed by atoms with Crippen LogP contribution in [0.1, 0.15) is 22.3 Å². The van der Waals surface area contributed by atoms with Crippen LogP contribution >= 0.6 is 0 Å². The van der Waals surface area contributed by atoms with Crippen LogP contribution in [0.2, 0.25) is 13.1 Å². The van der Waals surface area contributed by atoms with Gasteiger partial charge < -0.3 is 0 Å². The molecule has 0 amide bonds. The summed E-state index contributed by atoms with van der Waals surface area (Å²) in [6.45, 7) is 11.1. The molecule has 0 aromatic heterocycles. The summed E-state index contributed by atoms with van der Waals surface area (Å²) < 4.78 is 0. The maximum absolute atomic E-state index is 3.58. The third-order valence-electron chi connectivity index (χ3n) is 3.67. The lowest BCUT2D eigenvalue weighted by Crippen LogP contribution is -2.39. The van der Waals surface area contributed by atoms with E-state index < -0.39 is 8.07 Å². The van der Waals surface area contributed by atoms with Crippen molar-refractivity contribution in [3.05, 3.63) is 64.7 Å². The largest absolute Gasteiger partial charge is 0.163 e. The molecule has 102 valence electrons. The van der Waals surface area contributed by atoms with Crippen LogP contribution in [0.3, 0.4) is 0 Å².